The first-order chi connectivity index (χ1) is 9.70. The summed E-state index contributed by atoms with van der Waals surface area (Å²) >= 11 is 3.47. The number of carbonyl (C=O) groups excluding carboxylic acids is 1. The highest BCUT2D eigenvalue weighted by Gasteiger charge is 2.16. The standard InChI is InChI=1S/C17H23BrO2/c1-2-20-17-11-9-14(12-15(17)18)16(19)10-8-13-6-4-3-5-7-13/h9,11-13H,2-8,10H2,1H3. The normalized spacial score (nSPS) is 16.1. The van der Waals surface area contributed by atoms with E-state index in [4.69, 9.17) is 4.74 Å². The molecule has 0 unspecified atom stereocenters. The molecule has 0 aromatic heterocycles. The van der Waals surface area contributed by atoms with E-state index in [1.165, 1.54) is 32.1 Å². The molecule has 1 saturated carbocycles. The van der Waals surface area contributed by atoms with Crippen molar-refractivity contribution in [3.05, 3.63) is 28.2 Å². The minimum atomic E-state index is 0.249. The van der Waals surface area contributed by atoms with Gasteiger partial charge in [0.05, 0.1) is 11.1 Å². The van der Waals surface area contributed by atoms with Gasteiger partial charge in [0, 0.05) is 12.0 Å². The molecule has 1 aliphatic carbocycles. The van der Waals surface area contributed by atoms with E-state index in [1.54, 1.807) is 0 Å². The van der Waals surface area contributed by atoms with Crippen LogP contribution in [0.2, 0.25) is 0 Å². The first kappa shape index (κ1) is 15.6. The fourth-order valence-electron chi connectivity index (χ4n) is 2.90. The van der Waals surface area contributed by atoms with Crippen molar-refractivity contribution in [1.82, 2.24) is 0 Å². The monoisotopic (exact) mass is 338 g/mol. The van der Waals surface area contributed by atoms with Crippen molar-refractivity contribution in [3.8, 4) is 5.75 Å². The zero-order valence-electron chi connectivity index (χ0n) is 12.2. The summed E-state index contributed by atoms with van der Waals surface area (Å²) in [7, 11) is 0. The summed E-state index contributed by atoms with van der Waals surface area (Å²) < 4.78 is 6.33. The Bertz CT molecular complexity index is 450. The Morgan fingerprint density at radius 3 is 2.70 bits per heavy atom. The van der Waals surface area contributed by atoms with E-state index in [0.29, 0.717) is 13.0 Å². The Morgan fingerprint density at radius 1 is 1.30 bits per heavy atom. The summed E-state index contributed by atoms with van der Waals surface area (Å²) in [6, 6.07) is 5.63. The van der Waals surface area contributed by atoms with Gasteiger partial charge in [-0.1, -0.05) is 32.1 Å². The molecular formula is C17H23BrO2. The molecule has 1 fully saturated rings. The quantitative estimate of drug-likeness (QED) is 0.650. The Morgan fingerprint density at radius 2 is 2.05 bits per heavy atom. The van der Waals surface area contributed by atoms with Crippen LogP contribution in [0.15, 0.2) is 22.7 Å². The van der Waals surface area contributed by atoms with E-state index in [9.17, 15) is 4.79 Å². The predicted octanol–water partition coefficient (Wildman–Crippen LogP) is 5.39. The van der Waals surface area contributed by atoms with Gasteiger partial charge >= 0.3 is 0 Å². The fourth-order valence-corrected chi connectivity index (χ4v) is 3.40. The zero-order valence-corrected chi connectivity index (χ0v) is 13.7. The summed E-state index contributed by atoms with van der Waals surface area (Å²) in [6.45, 7) is 2.59. The van der Waals surface area contributed by atoms with E-state index in [-0.39, 0.29) is 5.78 Å². The van der Waals surface area contributed by atoms with Gasteiger partial charge in [0.25, 0.3) is 0 Å². The molecule has 3 heteroatoms. The maximum Gasteiger partial charge on any atom is 0.162 e. The van der Waals surface area contributed by atoms with Crippen LogP contribution in [-0.4, -0.2) is 12.4 Å². The molecule has 0 atom stereocenters. The van der Waals surface area contributed by atoms with E-state index >= 15 is 0 Å². The molecule has 0 heterocycles. The first-order valence-electron chi connectivity index (χ1n) is 7.66. The lowest BCUT2D eigenvalue weighted by atomic mass is 9.85. The lowest BCUT2D eigenvalue weighted by Crippen LogP contribution is -2.09. The maximum atomic E-state index is 12.2. The lowest BCUT2D eigenvalue weighted by Gasteiger charge is -2.20. The van der Waals surface area contributed by atoms with Gasteiger partial charge in [-0.3, -0.25) is 4.79 Å². The van der Waals surface area contributed by atoms with Crippen molar-refractivity contribution in [1.29, 1.82) is 0 Å². The smallest absolute Gasteiger partial charge is 0.162 e. The van der Waals surface area contributed by atoms with Gasteiger partial charge < -0.3 is 4.74 Å². The van der Waals surface area contributed by atoms with Crippen molar-refractivity contribution in [2.75, 3.05) is 6.61 Å². The van der Waals surface area contributed by atoms with Crippen LogP contribution in [0.1, 0.15) is 62.2 Å². The number of ketones is 1. The number of ether oxygens (including phenoxy) is 1. The van der Waals surface area contributed by atoms with Crippen LogP contribution >= 0.6 is 15.9 Å². The maximum absolute atomic E-state index is 12.2. The molecular weight excluding hydrogens is 316 g/mol. The first-order valence-corrected chi connectivity index (χ1v) is 8.45. The van der Waals surface area contributed by atoms with Gasteiger partial charge in [0.2, 0.25) is 0 Å². The van der Waals surface area contributed by atoms with Gasteiger partial charge in [-0.2, -0.15) is 0 Å². The van der Waals surface area contributed by atoms with Crippen molar-refractivity contribution < 1.29 is 9.53 Å². The number of Topliss-reactive ketones (excluding diaryl/α,β-unsaturated/α-hetero) is 1. The van der Waals surface area contributed by atoms with Gasteiger partial charge in [0.1, 0.15) is 5.75 Å². The molecule has 2 rings (SSSR count). The van der Waals surface area contributed by atoms with Crippen molar-refractivity contribution in [2.45, 2.75) is 51.9 Å². The summed E-state index contributed by atoms with van der Waals surface area (Å²) in [5, 5.41) is 0. The second-order valence-electron chi connectivity index (χ2n) is 5.54. The molecule has 0 amide bonds. The molecule has 2 nitrogen and oxygen atoms in total. The molecule has 1 aromatic carbocycles. The van der Waals surface area contributed by atoms with Crippen molar-refractivity contribution in [2.24, 2.45) is 5.92 Å². The Labute approximate surface area is 130 Å². The lowest BCUT2D eigenvalue weighted by molar-refractivity contribution is 0.0970. The number of hydrogen-bond acceptors (Lipinski definition) is 2. The molecule has 0 aliphatic heterocycles. The third-order valence-electron chi connectivity index (χ3n) is 4.06. The molecule has 0 spiro atoms. The third-order valence-corrected chi connectivity index (χ3v) is 4.68. The molecule has 0 saturated heterocycles. The fraction of sp³-hybridized carbons (Fsp3) is 0.588. The third kappa shape index (κ3) is 4.34. The molecule has 1 aromatic rings. The van der Waals surface area contributed by atoms with Crippen LogP contribution in [0.3, 0.4) is 0 Å². The summed E-state index contributed by atoms with van der Waals surface area (Å²) in [4.78, 5) is 12.2. The van der Waals surface area contributed by atoms with E-state index in [2.05, 4.69) is 15.9 Å². The number of rotatable bonds is 6. The van der Waals surface area contributed by atoms with Crippen LogP contribution in [0, 0.1) is 5.92 Å². The van der Waals surface area contributed by atoms with Gasteiger partial charge in [0.15, 0.2) is 5.78 Å². The van der Waals surface area contributed by atoms with Crippen LogP contribution in [0.5, 0.6) is 5.75 Å². The number of benzene rings is 1. The van der Waals surface area contributed by atoms with E-state index in [0.717, 1.165) is 28.1 Å². The zero-order chi connectivity index (χ0) is 14.4. The average Bonchev–Trinajstić information content (AvgIpc) is 2.48. The van der Waals surface area contributed by atoms with Gasteiger partial charge in [-0.05, 0) is 53.4 Å². The summed E-state index contributed by atoms with van der Waals surface area (Å²) in [5.41, 5.74) is 0.788. The van der Waals surface area contributed by atoms with Crippen LogP contribution in [-0.2, 0) is 0 Å². The van der Waals surface area contributed by atoms with Gasteiger partial charge in [-0.15, -0.1) is 0 Å². The second kappa shape index (κ2) is 7.82. The highest BCUT2D eigenvalue weighted by Crippen LogP contribution is 2.29. The number of halogens is 1. The SMILES string of the molecule is CCOc1ccc(C(=O)CCC2CCCCC2)cc1Br. The molecule has 0 radical (unpaired) electrons. The molecule has 110 valence electrons. The summed E-state index contributed by atoms with van der Waals surface area (Å²) in [5.74, 6) is 1.81. The summed E-state index contributed by atoms with van der Waals surface area (Å²) in [6.07, 6.45) is 8.38. The number of hydrogen-bond donors (Lipinski definition) is 0. The molecule has 0 N–H and O–H groups in total. The Kier molecular flexibility index (Phi) is 6.08. The Balaban J connectivity index is 1.89. The minimum Gasteiger partial charge on any atom is -0.493 e. The topological polar surface area (TPSA) is 26.3 Å². The number of carbonyl (C=O) groups is 1. The predicted molar refractivity (Wildman–Crippen MR) is 85.5 cm³/mol. The molecule has 0 bridgehead atoms. The minimum absolute atomic E-state index is 0.249. The van der Waals surface area contributed by atoms with Crippen LogP contribution < -0.4 is 4.74 Å². The highest BCUT2D eigenvalue weighted by molar-refractivity contribution is 9.10. The van der Waals surface area contributed by atoms with Crippen LogP contribution in [0.4, 0.5) is 0 Å². The average molecular weight is 339 g/mol. The molecule has 1 aliphatic rings. The largest absolute Gasteiger partial charge is 0.493 e. The Hall–Kier alpha value is -0.830. The second-order valence-corrected chi connectivity index (χ2v) is 6.40. The molecule has 20 heavy (non-hydrogen) atoms. The van der Waals surface area contributed by atoms with Crippen molar-refractivity contribution in [3.63, 3.8) is 0 Å². The van der Waals surface area contributed by atoms with Gasteiger partial charge in [-0.25, -0.2) is 0 Å². The van der Waals surface area contributed by atoms with E-state index in [1.807, 2.05) is 25.1 Å². The van der Waals surface area contributed by atoms with Crippen LogP contribution in [0.25, 0.3) is 0 Å². The highest BCUT2D eigenvalue weighted by atomic mass is 79.9. The van der Waals surface area contributed by atoms with E-state index < -0.39 is 0 Å². The van der Waals surface area contributed by atoms with Crippen molar-refractivity contribution >= 4 is 21.7 Å².